The van der Waals surface area contributed by atoms with Crippen LogP contribution in [0.1, 0.15) is 22.3 Å². The van der Waals surface area contributed by atoms with E-state index in [2.05, 4.69) is 9.72 Å². The first-order valence-corrected chi connectivity index (χ1v) is 4.03. The molecule has 0 radical (unpaired) electrons. The summed E-state index contributed by atoms with van der Waals surface area (Å²) in [6, 6.07) is 0. The van der Waals surface area contributed by atoms with Crippen LogP contribution in [0.3, 0.4) is 0 Å². The van der Waals surface area contributed by atoms with E-state index in [9.17, 15) is 26.7 Å². The fourth-order valence-corrected chi connectivity index (χ4v) is 1.04. The normalized spacial score (nSPS) is 11.6. The molecule has 2 N–H and O–H groups in total. The summed E-state index contributed by atoms with van der Waals surface area (Å²) in [6.45, 7) is 0. The molecule has 0 unspecified atom stereocenters. The molecule has 0 atom stereocenters. The molecular weight excluding hydrogens is 251 g/mol. The Hall–Kier alpha value is -1.93. The van der Waals surface area contributed by atoms with Gasteiger partial charge in [0.2, 0.25) is 0 Å². The van der Waals surface area contributed by atoms with E-state index in [1.165, 1.54) is 0 Å². The van der Waals surface area contributed by atoms with Gasteiger partial charge in [-0.2, -0.15) is 0 Å². The predicted octanol–water partition coefficient (Wildman–Crippen LogP) is 2.31. The number of nitrogens with zero attached hydrogens (tertiary/aromatic N) is 1. The summed E-state index contributed by atoms with van der Waals surface area (Å²) in [6.07, 6.45) is -8.20. The smallest absolute Gasteiger partial charge is 0.404 e. The van der Waals surface area contributed by atoms with Crippen LogP contribution < -0.4 is 10.5 Å². The van der Waals surface area contributed by atoms with Gasteiger partial charge >= 0.3 is 6.36 Å². The number of ether oxygens (including phenoxy) is 1. The van der Waals surface area contributed by atoms with Crippen LogP contribution in [0.5, 0.6) is 5.75 Å². The lowest BCUT2D eigenvalue weighted by molar-refractivity contribution is -0.275. The van der Waals surface area contributed by atoms with Crippen molar-refractivity contribution in [3.63, 3.8) is 0 Å². The summed E-state index contributed by atoms with van der Waals surface area (Å²) in [4.78, 5) is 13.7. The number of rotatable bonds is 3. The molecule has 4 nitrogen and oxygen atoms in total. The van der Waals surface area contributed by atoms with Crippen molar-refractivity contribution in [1.29, 1.82) is 0 Å². The summed E-state index contributed by atoms with van der Waals surface area (Å²) in [5.74, 6) is -1.95. The maximum Gasteiger partial charge on any atom is 0.573 e. The Morgan fingerprint density at radius 3 is 2.41 bits per heavy atom. The van der Waals surface area contributed by atoms with Gasteiger partial charge in [-0.3, -0.25) is 4.79 Å². The highest BCUT2D eigenvalue weighted by Gasteiger charge is 2.35. The summed E-state index contributed by atoms with van der Waals surface area (Å²) in [7, 11) is 0. The van der Waals surface area contributed by atoms with Crippen molar-refractivity contribution in [2.75, 3.05) is 5.73 Å². The maximum atomic E-state index is 12.4. The molecule has 0 spiro atoms. The zero-order valence-electron chi connectivity index (χ0n) is 7.96. The van der Waals surface area contributed by atoms with Crippen molar-refractivity contribution in [2.45, 2.75) is 12.8 Å². The van der Waals surface area contributed by atoms with Crippen molar-refractivity contribution in [2.24, 2.45) is 0 Å². The molecule has 0 amide bonds. The SMILES string of the molecule is Nc1ncc(C(F)F)c(OC(F)(F)F)c1C=O. The number of carbonyl (C=O) groups excluding carboxylic acids is 1. The minimum Gasteiger partial charge on any atom is -0.404 e. The zero-order valence-corrected chi connectivity index (χ0v) is 7.96. The quantitative estimate of drug-likeness (QED) is 0.665. The van der Waals surface area contributed by atoms with Crippen LogP contribution in [0.4, 0.5) is 27.8 Å². The standard InChI is InChI=1S/C8H5F5N2O2/c9-6(10)3-1-15-7(14)4(2-16)5(3)17-8(11,12)13/h1-2,6H,(H2,14,15). The number of nitrogen functional groups attached to an aromatic ring is 1. The van der Waals surface area contributed by atoms with Gasteiger partial charge in [-0.25, -0.2) is 13.8 Å². The van der Waals surface area contributed by atoms with E-state index in [0.717, 1.165) is 0 Å². The average Bonchev–Trinajstić information content (AvgIpc) is 2.15. The summed E-state index contributed by atoms with van der Waals surface area (Å²) >= 11 is 0. The van der Waals surface area contributed by atoms with Crippen molar-refractivity contribution < 1.29 is 31.5 Å². The largest absolute Gasteiger partial charge is 0.573 e. The van der Waals surface area contributed by atoms with Gasteiger partial charge in [0.25, 0.3) is 6.43 Å². The number of aromatic nitrogens is 1. The van der Waals surface area contributed by atoms with Crippen LogP contribution in [0.15, 0.2) is 6.20 Å². The minimum atomic E-state index is -5.21. The lowest BCUT2D eigenvalue weighted by Crippen LogP contribution is -2.20. The summed E-state index contributed by atoms with van der Waals surface area (Å²) in [5, 5.41) is 0. The average molecular weight is 256 g/mol. The first-order valence-electron chi connectivity index (χ1n) is 4.03. The lowest BCUT2D eigenvalue weighted by atomic mass is 10.1. The van der Waals surface area contributed by atoms with Crippen molar-refractivity contribution in [3.05, 3.63) is 17.3 Å². The topological polar surface area (TPSA) is 65.2 Å². The van der Waals surface area contributed by atoms with Gasteiger partial charge in [-0.05, 0) is 0 Å². The van der Waals surface area contributed by atoms with Gasteiger partial charge in [0.05, 0.1) is 11.1 Å². The van der Waals surface area contributed by atoms with Gasteiger partial charge in [0.1, 0.15) is 5.82 Å². The Morgan fingerprint density at radius 2 is 2.00 bits per heavy atom. The van der Waals surface area contributed by atoms with Crippen molar-refractivity contribution in [3.8, 4) is 5.75 Å². The monoisotopic (exact) mass is 256 g/mol. The highest BCUT2D eigenvalue weighted by atomic mass is 19.4. The molecule has 0 aliphatic rings. The van der Waals surface area contributed by atoms with Gasteiger partial charge in [0.15, 0.2) is 12.0 Å². The fraction of sp³-hybridized carbons (Fsp3) is 0.250. The van der Waals surface area contributed by atoms with Crippen LogP contribution >= 0.6 is 0 Å². The molecule has 1 heterocycles. The molecule has 0 aliphatic carbocycles. The van der Waals surface area contributed by atoms with Crippen LogP contribution in [0, 0.1) is 0 Å². The molecule has 94 valence electrons. The first-order chi connectivity index (χ1) is 7.76. The van der Waals surface area contributed by atoms with Crippen molar-refractivity contribution >= 4 is 12.1 Å². The van der Waals surface area contributed by atoms with Crippen LogP contribution in [0.25, 0.3) is 0 Å². The number of hydrogen-bond acceptors (Lipinski definition) is 4. The van der Waals surface area contributed by atoms with E-state index in [1.54, 1.807) is 0 Å². The molecule has 9 heteroatoms. The summed E-state index contributed by atoms with van der Waals surface area (Å²) in [5.41, 5.74) is 3.07. The molecular formula is C8H5F5N2O2. The lowest BCUT2D eigenvalue weighted by Gasteiger charge is -2.15. The number of pyridine rings is 1. The first kappa shape index (κ1) is 13.1. The van der Waals surface area contributed by atoms with Crippen molar-refractivity contribution in [1.82, 2.24) is 4.98 Å². The number of halogens is 5. The van der Waals surface area contributed by atoms with E-state index in [0.29, 0.717) is 6.20 Å². The molecule has 0 fully saturated rings. The second kappa shape index (κ2) is 4.52. The molecule has 0 aliphatic heterocycles. The third-order valence-corrected chi connectivity index (χ3v) is 1.70. The molecule has 1 aromatic heterocycles. The molecule has 17 heavy (non-hydrogen) atoms. The Morgan fingerprint density at radius 1 is 1.41 bits per heavy atom. The van der Waals surface area contributed by atoms with Gasteiger partial charge in [-0.1, -0.05) is 0 Å². The van der Waals surface area contributed by atoms with Gasteiger partial charge in [0, 0.05) is 6.20 Å². The van der Waals surface area contributed by atoms with Gasteiger partial charge in [-0.15, -0.1) is 13.2 Å². The number of aldehydes is 1. The predicted molar refractivity (Wildman–Crippen MR) is 45.7 cm³/mol. The summed E-state index contributed by atoms with van der Waals surface area (Å²) < 4.78 is 64.1. The number of nitrogens with two attached hydrogens (primary N) is 1. The van der Waals surface area contributed by atoms with Crippen LogP contribution in [-0.2, 0) is 0 Å². The second-order valence-corrected chi connectivity index (χ2v) is 2.81. The van der Waals surface area contributed by atoms with E-state index in [-0.39, 0.29) is 6.29 Å². The van der Waals surface area contributed by atoms with E-state index >= 15 is 0 Å². The minimum absolute atomic E-state index is 0.130. The van der Waals surface area contributed by atoms with Gasteiger partial charge < -0.3 is 10.5 Å². The Bertz CT molecular complexity index is 433. The Kier molecular flexibility index (Phi) is 3.49. The van der Waals surface area contributed by atoms with Crippen LogP contribution in [-0.4, -0.2) is 17.6 Å². The number of alkyl halides is 5. The number of anilines is 1. The number of hydrogen-bond donors (Lipinski definition) is 1. The van der Waals surface area contributed by atoms with E-state index in [4.69, 9.17) is 5.73 Å². The van der Waals surface area contributed by atoms with E-state index < -0.39 is 35.5 Å². The fourth-order valence-electron chi connectivity index (χ4n) is 1.04. The Labute approximate surface area is 91.2 Å². The zero-order chi connectivity index (χ0) is 13.2. The molecule has 0 saturated carbocycles. The van der Waals surface area contributed by atoms with Crippen LogP contribution in [0.2, 0.25) is 0 Å². The second-order valence-electron chi connectivity index (χ2n) is 2.81. The Balaban J connectivity index is 3.39. The molecule has 1 aromatic rings. The number of carbonyl (C=O) groups is 1. The third-order valence-electron chi connectivity index (χ3n) is 1.70. The molecule has 1 rings (SSSR count). The third kappa shape index (κ3) is 3.02. The molecule has 0 saturated heterocycles. The molecule has 0 bridgehead atoms. The highest BCUT2D eigenvalue weighted by Crippen LogP contribution is 2.36. The van der Waals surface area contributed by atoms with E-state index in [1.807, 2.05) is 0 Å². The maximum absolute atomic E-state index is 12.4. The molecule has 0 aromatic carbocycles. The highest BCUT2D eigenvalue weighted by molar-refractivity contribution is 5.86.